The molecule has 0 heterocycles. The molecule has 0 fully saturated rings. The van der Waals surface area contributed by atoms with Crippen LogP contribution in [0.1, 0.15) is 12.8 Å². The highest BCUT2D eigenvalue weighted by molar-refractivity contribution is 6.30. The van der Waals surface area contributed by atoms with Crippen LogP contribution in [0.15, 0.2) is 48.5 Å². The van der Waals surface area contributed by atoms with Crippen molar-refractivity contribution in [3.05, 3.63) is 58.6 Å². The summed E-state index contributed by atoms with van der Waals surface area (Å²) < 4.78 is 10.1. The van der Waals surface area contributed by atoms with Crippen molar-refractivity contribution in [3.63, 3.8) is 0 Å². The summed E-state index contributed by atoms with van der Waals surface area (Å²) in [6.45, 7) is 0. The van der Waals surface area contributed by atoms with Gasteiger partial charge >= 0.3 is 11.9 Å². The van der Waals surface area contributed by atoms with Crippen LogP contribution in [0.5, 0.6) is 11.5 Å². The molecular weight excluding hydrogens is 327 g/mol. The SMILES string of the molecule is O=C(CCC(=O)Oc1ccc(Cl)cc1)Oc1ccc(Cl)cc1. The minimum Gasteiger partial charge on any atom is -0.427 e. The third-order valence-electron chi connectivity index (χ3n) is 2.62. The lowest BCUT2D eigenvalue weighted by atomic mass is 10.3. The first-order chi connectivity index (χ1) is 10.5. The summed E-state index contributed by atoms with van der Waals surface area (Å²) in [5, 5.41) is 1.10. The summed E-state index contributed by atoms with van der Waals surface area (Å²) in [5.41, 5.74) is 0. The summed E-state index contributed by atoms with van der Waals surface area (Å²) in [7, 11) is 0. The van der Waals surface area contributed by atoms with Crippen LogP contribution in [-0.2, 0) is 9.59 Å². The van der Waals surface area contributed by atoms with E-state index in [1.807, 2.05) is 0 Å². The number of carbonyl (C=O) groups excluding carboxylic acids is 2. The summed E-state index contributed by atoms with van der Waals surface area (Å²) in [6.07, 6.45) is -0.149. The number of benzene rings is 2. The normalized spacial score (nSPS) is 10.1. The van der Waals surface area contributed by atoms with Gasteiger partial charge in [-0.3, -0.25) is 9.59 Å². The predicted octanol–water partition coefficient (Wildman–Crippen LogP) is 4.28. The summed E-state index contributed by atoms with van der Waals surface area (Å²) in [5.74, 6) is -0.285. The fourth-order valence-electron chi connectivity index (χ4n) is 1.57. The zero-order valence-electron chi connectivity index (χ0n) is 11.4. The van der Waals surface area contributed by atoms with Gasteiger partial charge in [-0.25, -0.2) is 0 Å². The highest BCUT2D eigenvalue weighted by atomic mass is 35.5. The lowest BCUT2D eigenvalue weighted by Gasteiger charge is -2.05. The molecule has 0 aliphatic heterocycles. The van der Waals surface area contributed by atoms with Crippen molar-refractivity contribution < 1.29 is 19.1 Å². The van der Waals surface area contributed by atoms with Crippen molar-refractivity contribution in [1.82, 2.24) is 0 Å². The van der Waals surface area contributed by atoms with Crippen molar-refractivity contribution in [2.75, 3.05) is 0 Å². The third-order valence-corrected chi connectivity index (χ3v) is 3.13. The smallest absolute Gasteiger partial charge is 0.311 e. The number of halogens is 2. The van der Waals surface area contributed by atoms with Gasteiger partial charge in [0.05, 0.1) is 12.8 Å². The van der Waals surface area contributed by atoms with Gasteiger partial charge in [0.2, 0.25) is 0 Å². The largest absolute Gasteiger partial charge is 0.427 e. The van der Waals surface area contributed by atoms with Crippen molar-refractivity contribution >= 4 is 35.1 Å². The third kappa shape index (κ3) is 5.39. The number of carbonyl (C=O) groups is 2. The van der Waals surface area contributed by atoms with Crippen LogP contribution in [0.4, 0.5) is 0 Å². The molecule has 0 spiro atoms. The average molecular weight is 339 g/mol. The molecule has 0 aromatic heterocycles. The highest BCUT2D eigenvalue weighted by Gasteiger charge is 2.11. The van der Waals surface area contributed by atoms with Crippen LogP contribution in [0.25, 0.3) is 0 Å². The van der Waals surface area contributed by atoms with Crippen molar-refractivity contribution in [3.8, 4) is 11.5 Å². The molecule has 22 heavy (non-hydrogen) atoms. The van der Waals surface area contributed by atoms with E-state index >= 15 is 0 Å². The van der Waals surface area contributed by atoms with E-state index in [-0.39, 0.29) is 12.8 Å². The average Bonchev–Trinajstić information content (AvgIpc) is 2.50. The van der Waals surface area contributed by atoms with Crippen LogP contribution >= 0.6 is 23.2 Å². The predicted molar refractivity (Wildman–Crippen MR) is 83.4 cm³/mol. The van der Waals surface area contributed by atoms with E-state index in [2.05, 4.69) is 0 Å². The van der Waals surface area contributed by atoms with Crippen LogP contribution in [0.2, 0.25) is 10.0 Å². The van der Waals surface area contributed by atoms with Crippen LogP contribution in [0.3, 0.4) is 0 Å². The lowest BCUT2D eigenvalue weighted by Crippen LogP contribution is -2.14. The number of rotatable bonds is 5. The molecule has 2 rings (SSSR count). The Hall–Kier alpha value is -2.04. The summed E-state index contributed by atoms with van der Waals surface area (Å²) in [4.78, 5) is 23.2. The topological polar surface area (TPSA) is 52.6 Å². The molecule has 0 amide bonds. The van der Waals surface area contributed by atoms with Crippen molar-refractivity contribution in [2.45, 2.75) is 12.8 Å². The van der Waals surface area contributed by atoms with E-state index in [0.29, 0.717) is 21.5 Å². The van der Waals surface area contributed by atoms with E-state index in [4.69, 9.17) is 32.7 Å². The fourth-order valence-corrected chi connectivity index (χ4v) is 1.83. The Bertz CT molecular complexity index is 591. The molecule has 0 N–H and O–H groups in total. The Morgan fingerprint density at radius 2 is 1.00 bits per heavy atom. The molecule has 6 heteroatoms. The second kappa shape index (κ2) is 7.82. The van der Waals surface area contributed by atoms with E-state index < -0.39 is 11.9 Å². The number of hydrogen-bond donors (Lipinski definition) is 0. The molecule has 0 radical (unpaired) electrons. The van der Waals surface area contributed by atoms with Crippen LogP contribution in [0, 0.1) is 0 Å². The van der Waals surface area contributed by atoms with Gasteiger partial charge in [-0.1, -0.05) is 23.2 Å². The molecule has 0 unspecified atom stereocenters. The van der Waals surface area contributed by atoms with Gasteiger partial charge in [-0.2, -0.15) is 0 Å². The molecular formula is C16H12Cl2O4. The first-order valence-electron chi connectivity index (χ1n) is 6.45. The molecule has 114 valence electrons. The Morgan fingerprint density at radius 1 is 0.682 bits per heavy atom. The van der Waals surface area contributed by atoms with E-state index in [9.17, 15) is 9.59 Å². The van der Waals surface area contributed by atoms with Gasteiger partial charge in [0, 0.05) is 10.0 Å². The van der Waals surface area contributed by atoms with Gasteiger partial charge < -0.3 is 9.47 Å². The Balaban J connectivity index is 1.76. The lowest BCUT2D eigenvalue weighted by molar-refractivity contribution is -0.140. The molecule has 0 aliphatic carbocycles. The highest BCUT2D eigenvalue weighted by Crippen LogP contribution is 2.17. The molecule has 0 saturated heterocycles. The van der Waals surface area contributed by atoms with Gasteiger partial charge in [0.1, 0.15) is 11.5 Å². The molecule has 4 nitrogen and oxygen atoms in total. The van der Waals surface area contributed by atoms with Gasteiger partial charge in [-0.15, -0.1) is 0 Å². The zero-order valence-corrected chi connectivity index (χ0v) is 12.9. The van der Waals surface area contributed by atoms with Gasteiger partial charge in [0.15, 0.2) is 0 Å². The summed E-state index contributed by atoms with van der Waals surface area (Å²) >= 11 is 11.5. The Morgan fingerprint density at radius 3 is 1.32 bits per heavy atom. The summed E-state index contributed by atoms with van der Waals surface area (Å²) in [6, 6.07) is 12.7. The maximum Gasteiger partial charge on any atom is 0.311 e. The van der Waals surface area contributed by atoms with E-state index in [1.54, 1.807) is 48.5 Å². The molecule has 2 aromatic carbocycles. The molecule has 0 atom stereocenters. The maximum atomic E-state index is 11.6. The zero-order chi connectivity index (χ0) is 15.9. The van der Waals surface area contributed by atoms with Crippen LogP contribution in [-0.4, -0.2) is 11.9 Å². The number of esters is 2. The molecule has 0 aliphatic rings. The van der Waals surface area contributed by atoms with Gasteiger partial charge in [-0.05, 0) is 48.5 Å². The van der Waals surface area contributed by atoms with Gasteiger partial charge in [0.25, 0.3) is 0 Å². The fraction of sp³-hybridized carbons (Fsp3) is 0.125. The molecule has 2 aromatic rings. The van der Waals surface area contributed by atoms with E-state index in [0.717, 1.165) is 0 Å². The number of hydrogen-bond acceptors (Lipinski definition) is 4. The number of ether oxygens (including phenoxy) is 2. The minimum absolute atomic E-state index is 0.0744. The first kappa shape index (κ1) is 16.3. The van der Waals surface area contributed by atoms with Crippen molar-refractivity contribution in [1.29, 1.82) is 0 Å². The Kier molecular flexibility index (Phi) is 5.81. The minimum atomic E-state index is -0.518. The monoisotopic (exact) mass is 338 g/mol. The second-order valence-electron chi connectivity index (χ2n) is 4.36. The van der Waals surface area contributed by atoms with E-state index in [1.165, 1.54) is 0 Å². The standard InChI is InChI=1S/C16H12Cl2O4/c17-11-1-5-13(6-2-11)21-15(19)9-10-16(20)22-14-7-3-12(18)4-8-14/h1-8H,9-10H2. The van der Waals surface area contributed by atoms with Crippen LogP contribution < -0.4 is 9.47 Å². The first-order valence-corrected chi connectivity index (χ1v) is 7.21. The quantitative estimate of drug-likeness (QED) is 0.603. The maximum absolute atomic E-state index is 11.6. The van der Waals surface area contributed by atoms with Crippen molar-refractivity contribution in [2.24, 2.45) is 0 Å². The molecule has 0 saturated carbocycles. The Labute approximate surface area is 137 Å². The second-order valence-corrected chi connectivity index (χ2v) is 5.23. The molecule has 0 bridgehead atoms.